The van der Waals surface area contributed by atoms with E-state index in [2.05, 4.69) is 24.4 Å². The van der Waals surface area contributed by atoms with Gasteiger partial charge in [0.2, 0.25) is 0 Å². The standard InChI is InChI=1S/C17H17ClN2O3S/c1-12-4-2-3-5-13(12)11-24-9-8-19-17(21)15-7-6-14(20(22)23)10-16(15)18/h2-7,10H,8-9,11H2,1H3,(H,19,21). The molecule has 7 heteroatoms. The van der Waals surface area contributed by atoms with Gasteiger partial charge in [-0.3, -0.25) is 14.9 Å². The third kappa shape index (κ3) is 4.97. The van der Waals surface area contributed by atoms with E-state index in [0.717, 1.165) is 11.5 Å². The highest BCUT2D eigenvalue weighted by Gasteiger charge is 2.14. The number of nitrogens with zero attached hydrogens (tertiary/aromatic N) is 1. The molecule has 2 rings (SSSR count). The number of nitro benzene ring substituents is 1. The number of thioether (sulfide) groups is 1. The molecule has 0 fully saturated rings. The number of nitro groups is 1. The lowest BCUT2D eigenvalue weighted by atomic mass is 10.1. The summed E-state index contributed by atoms with van der Waals surface area (Å²) in [5, 5.41) is 13.5. The molecule has 0 saturated carbocycles. The zero-order valence-corrected chi connectivity index (χ0v) is 14.7. The number of rotatable bonds is 7. The lowest BCUT2D eigenvalue weighted by Crippen LogP contribution is -2.26. The van der Waals surface area contributed by atoms with Gasteiger partial charge >= 0.3 is 0 Å². The predicted molar refractivity (Wildman–Crippen MR) is 97.8 cm³/mol. The second-order valence-corrected chi connectivity index (χ2v) is 6.67. The van der Waals surface area contributed by atoms with Gasteiger partial charge in [0.05, 0.1) is 15.5 Å². The fourth-order valence-electron chi connectivity index (χ4n) is 2.09. The fourth-order valence-corrected chi connectivity index (χ4v) is 3.28. The van der Waals surface area contributed by atoms with Crippen LogP contribution in [0.25, 0.3) is 0 Å². The Bertz CT molecular complexity index is 752. The second kappa shape index (κ2) is 8.70. The van der Waals surface area contributed by atoms with Crippen molar-refractivity contribution in [2.45, 2.75) is 12.7 Å². The fraction of sp³-hybridized carbons (Fsp3) is 0.235. The number of hydrogen-bond acceptors (Lipinski definition) is 4. The lowest BCUT2D eigenvalue weighted by molar-refractivity contribution is -0.384. The summed E-state index contributed by atoms with van der Waals surface area (Å²) >= 11 is 7.67. The van der Waals surface area contributed by atoms with E-state index in [1.54, 1.807) is 11.8 Å². The molecule has 24 heavy (non-hydrogen) atoms. The third-order valence-corrected chi connectivity index (χ3v) is 4.78. The molecule has 0 bridgehead atoms. The number of non-ortho nitro benzene ring substituents is 1. The van der Waals surface area contributed by atoms with Crippen LogP contribution in [0.4, 0.5) is 5.69 Å². The molecule has 0 aliphatic rings. The van der Waals surface area contributed by atoms with Crippen molar-refractivity contribution < 1.29 is 9.72 Å². The van der Waals surface area contributed by atoms with Crippen LogP contribution in [-0.2, 0) is 5.75 Å². The molecule has 0 atom stereocenters. The summed E-state index contributed by atoms with van der Waals surface area (Å²) in [6.07, 6.45) is 0. The first-order chi connectivity index (χ1) is 11.5. The summed E-state index contributed by atoms with van der Waals surface area (Å²) < 4.78 is 0. The average Bonchev–Trinajstić information content (AvgIpc) is 2.55. The maximum absolute atomic E-state index is 12.1. The molecular formula is C17H17ClN2O3S. The van der Waals surface area contributed by atoms with Crippen molar-refractivity contribution in [3.05, 3.63) is 74.3 Å². The van der Waals surface area contributed by atoms with Crippen molar-refractivity contribution in [3.63, 3.8) is 0 Å². The van der Waals surface area contributed by atoms with E-state index in [0.29, 0.717) is 6.54 Å². The van der Waals surface area contributed by atoms with Gasteiger partial charge in [0.15, 0.2) is 0 Å². The van der Waals surface area contributed by atoms with E-state index in [1.165, 1.54) is 29.3 Å². The van der Waals surface area contributed by atoms with Gasteiger partial charge < -0.3 is 5.32 Å². The van der Waals surface area contributed by atoms with E-state index in [4.69, 9.17) is 11.6 Å². The summed E-state index contributed by atoms with van der Waals surface area (Å²) in [6, 6.07) is 12.0. The van der Waals surface area contributed by atoms with Crippen molar-refractivity contribution >= 4 is 35.0 Å². The van der Waals surface area contributed by atoms with Gasteiger partial charge in [0.1, 0.15) is 0 Å². The average molecular weight is 365 g/mol. The molecule has 0 aliphatic heterocycles. The van der Waals surface area contributed by atoms with Crippen molar-refractivity contribution in [3.8, 4) is 0 Å². The number of benzene rings is 2. The van der Waals surface area contributed by atoms with E-state index < -0.39 is 4.92 Å². The van der Waals surface area contributed by atoms with Crippen LogP contribution in [0.2, 0.25) is 5.02 Å². The minimum Gasteiger partial charge on any atom is -0.351 e. The number of halogens is 1. The minimum atomic E-state index is -0.546. The van der Waals surface area contributed by atoms with Crippen molar-refractivity contribution in [2.24, 2.45) is 0 Å². The number of amides is 1. The first-order valence-corrected chi connectivity index (χ1v) is 8.86. The lowest BCUT2D eigenvalue weighted by Gasteiger charge is -2.08. The quantitative estimate of drug-likeness (QED) is 0.453. The van der Waals surface area contributed by atoms with Crippen LogP contribution in [0.1, 0.15) is 21.5 Å². The van der Waals surface area contributed by atoms with E-state index >= 15 is 0 Å². The maximum atomic E-state index is 12.1. The summed E-state index contributed by atoms with van der Waals surface area (Å²) in [5.74, 6) is 1.33. The summed E-state index contributed by atoms with van der Waals surface area (Å²) in [4.78, 5) is 22.2. The van der Waals surface area contributed by atoms with Gasteiger partial charge in [-0.1, -0.05) is 35.9 Å². The normalized spacial score (nSPS) is 10.4. The number of hydrogen-bond donors (Lipinski definition) is 1. The molecule has 0 unspecified atom stereocenters. The van der Waals surface area contributed by atoms with Crippen LogP contribution in [0.5, 0.6) is 0 Å². The number of carbonyl (C=O) groups is 1. The molecule has 2 aromatic rings. The molecule has 0 radical (unpaired) electrons. The Morgan fingerprint density at radius 2 is 2.04 bits per heavy atom. The monoisotopic (exact) mass is 364 g/mol. The summed E-state index contributed by atoms with van der Waals surface area (Å²) in [6.45, 7) is 2.58. The Labute approximate surface area is 149 Å². The molecule has 0 saturated heterocycles. The van der Waals surface area contributed by atoms with Crippen LogP contribution in [0.3, 0.4) is 0 Å². The van der Waals surface area contributed by atoms with Crippen LogP contribution < -0.4 is 5.32 Å². The Balaban J connectivity index is 1.79. The van der Waals surface area contributed by atoms with E-state index in [9.17, 15) is 14.9 Å². The molecule has 1 amide bonds. The van der Waals surface area contributed by atoms with Crippen LogP contribution >= 0.6 is 23.4 Å². The summed E-state index contributed by atoms with van der Waals surface area (Å²) in [5.41, 5.74) is 2.65. The highest BCUT2D eigenvalue weighted by molar-refractivity contribution is 7.98. The van der Waals surface area contributed by atoms with Gasteiger partial charge in [-0.2, -0.15) is 11.8 Å². The largest absolute Gasteiger partial charge is 0.351 e. The SMILES string of the molecule is Cc1ccccc1CSCCNC(=O)c1ccc([N+](=O)[O-])cc1Cl. The number of aryl methyl sites for hydroxylation is 1. The number of carbonyl (C=O) groups excluding carboxylic acids is 1. The van der Waals surface area contributed by atoms with E-state index in [1.807, 2.05) is 12.1 Å². The van der Waals surface area contributed by atoms with Crippen LogP contribution in [0.15, 0.2) is 42.5 Å². The Morgan fingerprint density at radius 1 is 1.29 bits per heavy atom. The highest BCUT2D eigenvalue weighted by atomic mass is 35.5. The van der Waals surface area contributed by atoms with Gasteiger partial charge in [-0.15, -0.1) is 0 Å². The molecule has 2 aromatic carbocycles. The zero-order chi connectivity index (χ0) is 17.5. The molecule has 1 N–H and O–H groups in total. The topological polar surface area (TPSA) is 72.2 Å². The van der Waals surface area contributed by atoms with E-state index in [-0.39, 0.29) is 22.2 Å². The van der Waals surface area contributed by atoms with Crippen molar-refractivity contribution in [1.82, 2.24) is 5.32 Å². The minimum absolute atomic E-state index is 0.0780. The van der Waals surface area contributed by atoms with Crippen LogP contribution in [0, 0.1) is 17.0 Å². The molecular weight excluding hydrogens is 348 g/mol. The smallest absolute Gasteiger partial charge is 0.270 e. The van der Waals surface area contributed by atoms with Crippen LogP contribution in [-0.4, -0.2) is 23.1 Å². The molecule has 126 valence electrons. The molecule has 0 aromatic heterocycles. The summed E-state index contributed by atoms with van der Waals surface area (Å²) in [7, 11) is 0. The highest BCUT2D eigenvalue weighted by Crippen LogP contribution is 2.22. The Kier molecular flexibility index (Phi) is 6.63. The number of nitrogens with one attached hydrogen (secondary N) is 1. The third-order valence-electron chi connectivity index (χ3n) is 3.46. The Morgan fingerprint density at radius 3 is 2.71 bits per heavy atom. The molecule has 0 spiro atoms. The molecule has 5 nitrogen and oxygen atoms in total. The van der Waals surface area contributed by atoms with Gasteiger partial charge in [0, 0.05) is 30.2 Å². The first kappa shape index (κ1) is 18.3. The van der Waals surface area contributed by atoms with Gasteiger partial charge in [0.25, 0.3) is 11.6 Å². The zero-order valence-electron chi connectivity index (χ0n) is 13.1. The van der Waals surface area contributed by atoms with Gasteiger partial charge in [-0.25, -0.2) is 0 Å². The van der Waals surface area contributed by atoms with Crippen molar-refractivity contribution in [2.75, 3.05) is 12.3 Å². The first-order valence-electron chi connectivity index (χ1n) is 7.33. The predicted octanol–water partition coefficient (Wildman–Crippen LogP) is 4.22. The molecule has 0 heterocycles. The second-order valence-electron chi connectivity index (χ2n) is 5.16. The Hall–Kier alpha value is -2.05. The maximum Gasteiger partial charge on any atom is 0.270 e. The molecule has 0 aliphatic carbocycles. The van der Waals surface area contributed by atoms with Gasteiger partial charge in [-0.05, 0) is 24.1 Å². The van der Waals surface area contributed by atoms with Crippen molar-refractivity contribution in [1.29, 1.82) is 0 Å².